The van der Waals surface area contributed by atoms with E-state index in [0.29, 0.717) is 27.7 Å². The zero-order valence-electron chi connectivity index (χ0n) is 20.9. The highest BCUT2D eigenvalue weighted by atomic mass is 32.2. The first-order valence-electron chi connectivity index (χ1n) is 10.7. The highest BCUT2D eigenvalue weighted by molar-refractivity contribution is 7.93. The van der Waals surface area contributed by atoms with Crippen LogP contribution in [0.15, 0.2) is 35.7 Å². The Balaban J connectivity index is 2.36. The second-order valence-electron chi connectivity index (χ2n) is 7.71. The van der Waals surface area contributed by atoms with E-state index in [2.05, 4.69) is 5.32 Å². The molecule has 2 rings (SSSR count). The topological polar surface area (TPSA) is 103 Å². The number of ether oxygens (including phenoxy) is 4. The Kier molecular flexibility index (Phi) is 9.65. The fourth-order valence-electron chi connectivity index (χ4n) is 3.10. The Hall–Kier alpha value is -3.38. The number of carbonyl (C=O) groups excluding carboxylic acids is 1. The molecule has 0 saturated carbocycles. The van der Waals surface area contributed by atoms with Crippen LogP contribution in [0.25, 0.3) is 6.08 Å². The molecule has 0 fully saturated rings. The van der Waals surface area contributed by atoms with Crippen LogP contribution in [-0.2, 0) is 20.4 Å². The fraction of sp³-hybridized carbons (Fsp3) is 0.375. The van der Waals surface area contributed by atoms with E-state index < -0.39 is 27.5 Å². The van der Waals surface area contributed by atoms with Gasteiger partial charge in [0, 0.05) is 17.5 Å². The van der Waals surface area contributed by atoms with Gasteiger partial charge < -0.3 is 24.3 Å². The minimum absolute atomic E-state index is 0.0708. The van der Waals surface area contributed by atoms with E-state index in [9.17, 15) is 22.0 Å². The van der Waals surface area contributed by atoms with Crippen LogP contribution in [0.1, 0.15) is 18.1 Å². The first-order chi connectivity index (χ1) is 16.9. The number of methoxy groups -OCH3 is 3. The molecule has 36 heavy (non-hydrogen) atoms. The number of amides is 1. The molecule has 0 saturated heterocycles. The molecule has 9 nitrogen and oxygen atoms in total. The number of benzene rings is 2. The van der Waals surface area contributed by atoms with Crippen molar-refractivity contribution < 1.29 is 40.9 Å². The van der Waals surface area contributed by atoms with Crippen molar-refractivity contribution >= 4 is 27.5 Å². The van der Waals surface area contributed by atoms with Gasteiger partial charge in [0.25, 0.3) is 0 Å². The van der Waals surface area contributed by atoms with Crippen molar-refractivity contribution in [2.45, 2.75) is 18.7 Å². The Bertz CT molecular complexity index is 1190. The minimum atomic E-state index is -3.84. The molecule has 0 aliphatic carbocycles. The van der Waals surface area contributed by atoms with Gasteiger partial charge in [-0.25, -0.2) is 13.3 Å². The number of hydrogen-bond donors (Lipinski definition) is 1. The monoisotopic (exact) mass is 528 g/mol. The lowest BCUT2D eigenvalue weighted by atomic mass is 10.1. The summed E-state index contributed by atoms with van der Waals surface area (Å²) in [6, 6.07) is 3.56. The van der Waals surface area contributed by atoms with E-state index in [1.54, 1.807) is 19.1 Å². The summed E-state index contributed by atoms with van der Waals surface area (Å²) in [5, 5.41) is 3.12. The SMILES string of the molecule is CCOc1ccc(CS(=O)(=O)C=Cc2c(OC)cc(OC)cc2OC)cc1NC(=O)C(F)(F)N(C)C. The maximum atomic E-state index is 14.1. The molecule has 2 aromatic rings. The molecule has 0 atom stereocenters. The van der Waals surface area contributed by atoms with Crippen molar-refractivity contribution in [1.29, 1.82) is 0 Å². The van der Waals surface area contributed by atoms with Crippen molar-refractivity contribution in [3.05, 3.63) is 46.9 Å². The van der Waals surface area contributed by atoms with Gasteiger partial charge in [-0.05, 0) is 44.8 Å². The maximum absolute atomic E-state index is 14.1. The molecule has 0 heterocycles. The lowest BCUT2D eigenvalue weighted by Crippen LogP contribution is -2.46. The number of nitrogens with one attached hydrogen (secondary N) is 1. The van der Waals surface area contributed by atoms with Crippen LogP contribution in [-0.4, -0.2) is 67.3 Å². The number of carbonyl (C=O) groups is 1. The van der Waals surface area contributed by atoms with Crippen LogP contribution < -0.4 is 24.3 Å². The molecule has 12 heteroatoms. The second kappa shape index (κ2) is 12.0. The van der Waals surface area contributed by atoms with Crippen molar-refractivity contribution in [2.75, 3.05) is 47.3 Å². The van der Waals surface area contributed by atoms with Crippen LogP contribution in [0.5, 0.6) is 23.0 Å². The van der Waals surface area contributed by atoms with Gasteiger partial charge in [0.05, 0.1) is 44.9 Å². The summed E-state index contributed by atoms with van der Waals surface area (Å²) in [6.45, 7) is 1.89. The van der Waals surface area contributed by atoms with E-state index in [-0.39, 0.29) is 23.6 Å². The summed E-state index contributed by atoms with van der Waals surface area (Å²) in [7, 11) is 2.61. The van der Waals surface area contributed by atoms with Crippen LogP contribution >= 0.6 is 0 Å². The molecular weight excluding hydrogens is 498 g/mol. The van der Waals surface area contributed by atoms with Gasteiger partial charge in [0.2, 0.25) is 0 Å². The number of rotatable bonds is 12. The third-order valence-electron chi connectivity index (χ3n) is 4.99. The fourth-order valence-corrected chi connectivity index (χ4v) is 4.18. The Morgan fingerprint density at radius 3 is 2.14 bits per heavy atom. The molecule has 2 aromatic carbocycles. The number of sulfone groups is 1. The zero-order chi connectivity index (χ0) is 27.1. The molecule has 1 N–H and O–H groups in total. The van der Waals surface area contributed by atoms with Gasteiger partial charge in [-0.15, -0.1) is 0 Å². The first kappa shape index (κ1) is 28.9. The number of anilines is 1. The molecule has 0 unspecified atom stereocenters. The highest BCUT2D eigenvalue weighted by Crippen LogP contribution is 2.35. The van der Waals surface area contributed by atoms with Gasteiger partial charge in [-0.1, -0.05) is 6.07 Å². The number of hydrogen-bond acceptors (Lipinski definition) is 8. The van der Waals surface area contributed by atoms with Gasteiger partial charge in [-0.2, -0.15) is 8.78 Å². The van der Waals surface area contributed by atoms with E-state index in [4.69, 9.17) is 18.9 Å². The normalized spacial score (nSPS) is 12.0. The predicted octanol–water partition coefficient (Wildman–Crippen LogP) is 3.79. The van der Waals surface area contributed by atoms with Crippen LogP contribution in [0.4, 0.5) is 14.5 Å². The molecule has 0 aliphatic rings. The van der Waals surface area contributed by atoms with E-state index in [1.165, 1.54) is 45.6 Å². The quantitative estimate of drug-likeness (QED) is 0.415. The summed E-state index contributed by atoms with van der Waals surface area (Å²) in [5.74, 6) is -0.774. The lowest BCUT2D eigenvalue weighted by Gasteiger charge is -2.23. The second-order valence-corrected chi connectivity index (χ2v) is 9.60. The number of nitrogens with zero attached hydrogens (tertiary/aromatic N) is 1. The molecule has 198 valence electrons. The first-order valence-corrected chi connectivity index (χ1v) is 12.4. The van der Waals surface area contributed by atoms with Crippen molar-refractivity contribution in [3.63, 3.8) is 0 Å². The van der Waals surface area contributed by atoms with Crippen LogP contribution in [0.3, 0.4) is 0 Å². The zero-order valence-corrected chi connectivity index (χ0v) is 21.7. The highest BCUT2D eigenvalue weighted by Gasteiger charge is 2.41. The van der Waals surface area contributed by atoms with E-state index in [1.807, 2.05) is 0 Å². The number of alkyl halides is 2. The summed E-state index contributed by atoms with van der Waals surface area (Å²) in [4.78, 5) is 12.6. The maximum Gasteiger partial charge on any atom is 0.383 e. The van der Waals surface area contributed by atoms with Crippen molar-refractivity contribution in [2.24, 2.45) is 0 Å². The molecule has 0 radical (unpaired) electrons. The predicted molar refractivity (Wildman–Crippen MR) is 133 cm³/mol. The number of likely N-dealkylation sites (N-methyl/N-ethyl adjacent to an activating group) is 1. The summed E-state index contributed by atoms with van der Waals surface area (Å²) in [6.07, 6.45) is 1.33. The summed E-state index contributed by atoms with van der Waals surface area (Å²) < 4.78 is 75.1. The summed E-state index contributed by atoms with van der Waals surface area (Å²) >= 11 is 0. The van der Waals surface area contributed by atoms with Gasteiger partial charge >= 0.3 is 12.0 Å². The molecule has 0 bridgehead atoms. The largest absolute Gasteiger partial charge is 0.496 e. The smallest absolute Gasteiger partial charge is 0.383 e. The molecular formula is C24H30F2N2O7S. The Morgan fingerprint density at radius 1 is 1.03 bits per heavy atom. The van der Waals surface area contributed by atoms with E-state index >= 15 is 0 Å². The standard InChI is InChI=1S/C24H30F2N2O7S/c1-7-35-20-9-8-16(12-19(20)27-23(29)24(25,26)28(2)3)15-36(30,31)11-10-18-21(33-5)13-17(32-4)14-22(18)34-6/h8-14H,7,15H2,1-6H3,(H,27,29). The van der Waals surface area contributed by atoms with Crippen molar-refractivity contribution in [1.82, 2.24) is 4.90 Å². The minimum Gasteiger partial charge on any atom is -0.496 e. The third kappa shape index (κ3) is 7.08. The van der Waals surface area contributed by atoms with Gasteiger partial charge in [-0.3, -0.25) is 4.79 Å². The van der Waals surface area contributed by atoms with Gasteiger partial charge in [0.1, 0.15) is 23.0 Å². The Labute approximate surface area is 209 Å². The molecule has 0 spiro atoms. The summed E-state index contributed by atoms with van der Waals surface area (Å²) in [5.41, 5.74) is 0.564. The molecule has 1 amide bonds. The third-order valence-corrected chi connectivity index (χ3v) is 6.28. The van der Waals surface area contributed by atoms with Crippen molar-refractivity contribution in [3.8, 4) is 23.0 Å². The Morgan fingerprint density at radius 2 is 1.64 bits per heavy atom. The average molecular weight is 529 g/mol. The lowest BCUT2D eigenvalue weighted by molar-refractivity contribution is -0.164. The molecule has 0 aliphatic heterocycles. The van der Waals surface area contributed by atoms with E-state index in [0.717, 1.165) is 19.5 Å². The average Bonchev–Trinajstić information content (AvgIpc) is 2.83. The van der Waals surface area contributed by atoms with Crippen LogP contribution in [0.2, 0.25) is 0 Å². The number of halogens is 2. The molecule has 0 aromatic heterocycles. The van der Waals surface area contributed by atoms with Crippen LogP contribution in [0, 0.1) is 0 Å². The van der Waals surface area contributed by atoms with Gasteiger partial charge in [0.15, 0.2) is 9.84 Å².